The van der Waals surface area contributed by atoms with Gasteiger partial charge in [-0.1, -0.05) is 39.7 Å². The Morgan fingerprint density at radius 2 is 2.15 bits per heavy atom. The van der Waals surface area contributed by atoms with Crippen LogP contribution >= 0.6 is 0 Å². The number of ether oxygens (including phenoxy) is 1. The molecule has 2 rings (SSSR count). The van der Waals surface area contributed by atoms with Crippen LogP contribution in [0.4, 0.5) is 0 Å². The van der Waals surface area contributed by atoms with Crippen molar-refractivity contribution in [1.82, 2.24) is 0 Å². The van der Waals surface area contributed by atoms with Gasteiger partial charge in [0.25, 0.3) is 0 Å². The van der Waals surface area contributed by atoms with E-state index >= 15 is 0 Å². The first-order chi connectivity index (χ1) is 9.44. The lowest BCUT2D eigenvalue weighted by atomic mass is 9.82. The SMILES string of the molecule is CCCCC(C)(C)C(=O)/C=C/C1CCC2OC(=O)CC12. The molecule has 0 amide bonds. The minimum absolute atomic E-state index is 0.0762. The smallest absolute Gasteiger partial charge is 0.306 e. The zero-order valence-corrected chi connectivity index (χ0v) is 12.9. The summed E-state index contributed by atoms with van der Waals surface area (Å²) in [5, 5.41) is 0. The quantitative estimate of drug-likeness (QED) is 0.550. The van der Waals surface area contributed by atoms with Gasteiger partial charge >= 0.3 is 5.97 Å². The van der Waals surface area contributed by atoms with E-state index in [1.165, 1.54) is 0 Å². The van der Waals surface area contributed by atoms with Gasteiger partial charge in [-0.15, -0.1) is 0 Å². The zero-order valence-electron chi connectivity index (χ0n) is 12.9. The van der Waals surface area contributed by atoms with Gasteiger partial charge in [-0.2, -0.15) is 0 Å². The highest BCUT2D eigenvalue weighted by Crippen LogP contribution is 2.41. The van der Waals surface area contributed by atoms with Crippen molar-refractivity contribution in [3.8, 4) is 0 Å². The van der Waals surface area contributed by atoms with Crippen molar-refractivity contribution in [3.63, 3.8) is 0 Å². The Morgan fingerprint density at radius 1 is 1.40 bits per heavy atom. The molecule has 112 valence electrons. The van der Waals surface area contributed by atoms with Crippen LogP contribution in [0.5, 0.6) is 0 Å². The molecule has 1 saturated heterocycles. The van der Waals surface area contributed by atoms with Gasteiger partial charge in [-0.25, -0.2) is 0 Å². The van der Waals surface area contributed by atoms with Gasteiger partial charge in [0.1, 0.15) is 6.10 Å². The lowest BCUT2D eigenvalue weighted by molar-refractivity contribution is -0.141. The van der Waals surface area contributed by atoms with E-state index in [0.717, 1.165) is 32.1 Å². The molecule has 1 saturated carbocycles. The Morgan fingerprint density at radius 3 is 2.85 bits per heavy atom. The normalized spacial score (nSPS) is 29.8. The van der Waals surface area contributed by atoms with E-state index in [4.69, 9.17) is 4.74 Å². The van der Waals surface area contributed by atoms with Gasteiger partial charge in [0.05, 0.1) is 6.42 Å². The third kappa shape index (κ3) is 3.31. The summed E-state index contributed by atoms with van der Waals surface area (Å²) in [4.78, 5) is 23.6. The number of esters is 1. The van der Waals surface area contributed by atoms with Gasteiger partial charge in [-0.3, -0.25) is 9.59 Å². The molecule has 0 bridgehead atoms. The van der Waals surface area contributed by atoms with Crippen LogP contribution in [0.2, 0.25) is 0 Å². The second kappa shape index (κ2) is 6.11. The van der Waals surface area contributed by atoms with E-state index in [0.29, 0.717) is 18.3 Å². The van der Waals surface area contributed by atoms with Crippen molar-refractivity contribution in [2.45, 2.75) is 65.4 Å². The van der Waals surface area contributed by atoms with Crippen LogP contribution in [0.1, 0.15) is 59.3 Å². The van der Waals surface area contributed by atoms with Crippen molar-refractivity contribution in [2.24, 2.45) is 17.3 Å². The monoisotopic (exact) mass is 278 g/mol. The number of fused-ring (bicyclic) bond motifs is 1. The number of hydrogen-bond donors (Lipinski definition) is 0. The van der Waals surface area contributed by atoms with Crippen LogP contribution in [0.3, 0.4) is 0 Å². The van der Waals surface area contributed by atoms with Gasteiger partial charge in [-0.05, 0) is 31.3 Å². The molecule has 0 N–H and O–H groups in total. The molecular weight excluding hydrogens is 252 g/mol. The molecule has 0 radical (unpaired) electrons. The fourth-order valence-electron chi connectivity index (χ4n) is 3.32. The molecule has 0 aromatic rings. The second-order valence-corrected chi connectivity index (χ2v) is 6.85. The average Bonchev–Trinajstić information content (AvgIpc) is 2.93. The molecule has 3 unspecified atom stereocenters. The minimum atomic E-state index is -0.271. The summed E-state index contributed by atoms with van der Waals surface area (Å²) in [6, 6.07) is 0. The Hall–Kier alpha value is -1.12. The predicted molar refractivity (Wildman–Crippen MR) is 78.2 cm³/mol. The van der Waals surface area contributed by atoms with Crippen molar-refractivity contribution in [2.75, 3.05) is 0 Å². The Balaban J connectivity index is 1.92. The van der Waals surface area contributed by atoms with E-state index in [2.05, 4.69) is 6.92 Å². The summed E-state index contributed by atoms with van der Waals surface area (Å²) in [6.07, 6.45) is 9.52. The maximum atomic E-state index is 12.3. The molecule has 3 heteroatoms. The maximum Gasteiger partial charge on any atom is 0.306 e. The topological polar surface area (TPSA) is 43.4 Å². The van der Waals surface area contributed by atoms with E-state index < -0.39 is 0 Å². The number of unbranched alkanes of at least 4 members (excludes halogenated alkanes) is 1. The largest absolute Gasteiger partial charge is 0.462 e. The maximum absolute atomic E-state index is 12.3. The van der Waals surface area contributed by atoms with E-state index in [9.17, 15) is 9.59 Å². The summed E-state index contributed by atoms with van der Waals surface area (Å²) in [6.45, 7) is 6.19. The third-order valence-corrected chi connectivity index (χ3v) is 4.81. The van der Waals surface area contributed by atoms with Crippen molar-refractivity contribution in [1.29, 1.82) is 0 Å². The molecule has 3 atom stereocenters. The standard InChI is InChI=1S/C17H26O3/c1-4-5-10-17(2,3)15(18)9-7-12-6-8-14-13(12)11-16(19)20-14/h7,9,12-14H,4-6,8,10-11H2,1-3H3/b9-7+. The van der Waals surface area contributed by atoms with E-state index in [1.54, 1.807) is 6.08 Å². The molecule has 1 heterocycles. The molecule has 3 nitrogen and oxygen atoms in total. The molecule has 0 aromatic heterocycles. The lowest BCUT2D eigenvalue weighted by Crippen LogP contribution is -2.22. The second-order valence-electron chi connectivity index (χ2n) is 6.85. The first-order valence-electron chi connectivity index (χ1n) is 7.86. The number of rotatable bonds is 6. The summed E-state index contributed by atoms with van der Waals surface area (Å²) >= 11 is 0. The van der Waals surface area contributed by atoms with Crippen LogP contribution in [-0.4, -0.2) is 17.9 Å². The van der Waals surface area contributed by atoms with Gasteiger partial charge < -0.3 is 4.74 Å². The molecule has 0 aromatic carbocycles. The first kappa shape index (κ1) is 15.3. The van der Waals surface area contributed by atoms with Crippen LogP contribution in [0.25, 0.3) is 0 Å². The third-order valence-electron chi connectivity index (χ3n) is 4.81. The lowest BCUT2D eigenvalue weighted by Gasteiger charge is -2.21. The summed E-state index contributed by atoms with van der Waals surface area (Å²) in [7, 11) is 0. The minimum Gasteiger partial charge on any atom is -0.462 e. The molecule has 1 aliphatic carbocycles. The fourth-order valence-corrected chi connectivity index (χ4v) is 3.32. The highest BCUT2D eigenvalue weighted by Gasteiger charge is 2.43. The highest BCUT2D eigenvalue weighted by molar-refractivity contribution is 5.94. The van der Waals surface area contributed by atoms with Crippen LogP contribution < -0.4 is 0 Å². The predicted octanol–water partition coefficient (Wildman–Crippen LogP) is 3.67. The number of ketones is 1. The van der Waals surface area contributed by atoms with Gasteiger partial charge in [0.2, 0.25) is 0 Å². The molecule has 20 heavy (non-hydrogen) atoms. The zero-order chi connectivity index (χ0) is 14.8. The number of carbonyl (C=O) groups is 2. The molecule has 1 aliphatic heterocycles. The summed E-state index contributed by atoms with van der Waals surface area (Å²) < 4.78 is 5.28. The van der Waals surface area contributed by atoms with E-state index in [1.807, 2.05) is 19.9 Å². The van der Waals surface area contributed by atoms with Crippen LogP contribution in [0.15, 0.2) is 12.2 Å². The fraction of sp³-hybridized carbons (Fsp3) is 0.765. The van der Waals surface area contributed by atoms with Crippen molar-refractivity contribution in [3.05, 3.63) is 12.2 Å². The Labute approximate surface area is 121 Å². The molecule has 2 aliphatic rings. The van der Waals surface area contributed by atoms with Crippen molar-refractivity contribution < 1.29 is 14.3 Å². The highest BCUT2D eigenvalue weighted by atomic mass is 16.5. The van der Waals surface area contributed by atoms with Crippen LogP contribution in [0, 0.1) is 17.3 Å². The van der Waals surface area contributed by atoms with Crippen molar-refractivity contribution >= 4 is 11.8 Å². The van der Waals surface area contributed by atoms with Gasteiger partial charge in [0.15, 0.2) is 5.78 Å². The molecule has 0 spiro atoms. The molecular formula is C17H26O3. The summed E-state index contributed by atoms with van der Waals surface area (Å²) in [5.41, 5.74) is -0.271. The molecule has 2 fully saturated rings. The van der Waals surface area contributed by atoms with E-state index in [-0.39, 0.29) is 23.3 Å². The Bertz CT molecular complexity index is 408. The number of allylic oxidation sites excluding steroid dienone is 2. The average molecular weight is 278 g/mol. The number of hydrogen-bond acceptors (Lipinski definition) is 3. The van der Waals surface area contributed by atoms with Gasteiger partial charge in [0, 0.05) is 11.3 Å². The Kier molecular flexibility index (Phi) is 4.66. The number of carbonyl (C=O) groups excluding carboxylic acids is 2. The van der Waals surface area contributed by atoms with Crippen LogP contribution in [-0.2, 0) is 14.3 Å². The first-order valence-corrected chi connectivity index (χ1v) is 7.86. The summed E-state index contributed by atoms with van der Waals surface area (Å²) in [5.74, 6) is 0.759.